The molecule has 0 saturated carbocycles. The third kappa shape index (κ3) is 1.71. The van der Waals surface area contributed by atoms with Crippen LogP contribution in [-0.2, 0) is 12.5 Å². The summed E-state index contributed by atoms with van der Waals surface area (Å²) in [6, 6.07) is 4.12. The van der Waals surface area contributed by atoms with Crippen molar-refractivity contribution in [1.82, 2.24) is 9.78 Å². The molecule has 0 spiro atoms. The number of benzene rings is 1. The van der Waals surface area contributed by atoms with Crippen molar-refractivity contribution in [2.45, 2.75) is 33.1 Å². The lowest BCUT2D eigenvalue weighted by atomic mass is 9.90. The lowest BCUT2D eigenvalue weighted by molar-refractivity contribution is 0.558. The number of hydrogen-bond donors (Lipinski definition) is 0. The molecule has 0 saturated heterocycles. The molecule has 0 fully saturated rings. The molecule has 1 heterocycles. The average molecular weight is 237 g/mol. The molecule has 2 aromatic rings. The first kappa shape index (κ1) is 11.5. The Balaban J connectivity index is 2.84. The molecule has 0 aliphatic heterocycles. The van der Waals surface area contributed by atoms with Crippen LogP contribution in [0.15, 0.2) is 12.1 Å². The summed E-state index contributed by atoms with van der Waals surface area (Å²) in [5.41, 5.74) is 3.38. The fourth-order valence-corrected chi connectivity index (χ4v) is 2.10. The standard InChI is InChI=1S/C13H17ClN2/c1-8-6-11-9(7-10(8)14)12(13(2,3)4)15-16(11)5/h6-7H,1-5H3. The minimum absolute atomic E-state index is 0.0398. The predicted molar refractivity (Wildman–Crippen MR) is 69.2 cm³/mol. The minimum atomic E-state index is 0.0398. The van der Waals surface area contributed by atoms with E-state index in [0.717, 1.165) is 27.2 Å². The van der Waals surface area contributed by atoms with Gasteiger partial charge in [0.1, 0.15) is 0 Å². The largest absolute Gasteiger partial charge is 0.268 e. The van der Waals surface area contributed by atoms with Gasteiger partial charge in [0.2, 0.25) is 0 Å². The van der Waals surface area contributed by atoms with E-state index in [1.54, 1.807) is 0 Å². The van der Waals surface area contributed by atoms with Crippen molar-refractivity contribution in [2.24, 2.45) is 7.05 Å². The van der Waals surface area contributed by atoms with Crippen LogP contribution in [0.25, 0.3) is 10.9 Å². The first-order valence-corrected chi connectivity index (χ1v) is 5.82. The molecule has 0 aliphatic rings. The summed E-state index contributed by atoms with van der Waals surface area (Å²) in [6.07, 6.45) is 0. The monoisotopic (exact) mass is 236 g/mol. The van der Waals surface area contributed by atoms with Crippen molar-refractivity contribution in [1.29, 1.82) is 0 Å². The average Bonchev–Trinajstić information content (AvgIpc) is 2.45. The maximum atomic E-state index is 6.18. The van der Waals surface area contributed by atoms with E-state index >= 15 is 0 Å². The van der Waals surface area contributed by atoms with E-state index in [-0.39, 0.29) is 5.41 Å². The third-order valence-corrected chi connectivity index (χ3v) is 3.25. The highest BCUT2D eigenvalue weighted by atomic mass is 35.5. The Labute approximate surface area is 101 Å². The molecule has 2 rings (SSSR count). The topological polar surface area (TPSA) is 17.8 Å². The van der Waals surface area contributed by atoms with Gasteiger partial charge < -0.3 is 0 Å². The van der Waals surface area contributed by atoms with Gasteiger partial charge in [0, 0.05) is 22.9 Å². The maximum Gasteiger partial charge on any atom is 0.0757 e. The van der Waals surface area contributed by atoms with Gasteiger partial charge in [0.25, 0.3) is 0 Å². The number of aromatic nitrogens is 2. The Morgan fingerprint density at radius 2 is 1.88 bits per heavy atom. The molecule has 16 heavy (non-hydrogen) atoms. The highest BCUT2D eigenvalue weighted by Gasteiger charge is 2.22. The lowest BCUT2D eigenvalue weighted by Gasteiger charge is -2.15. The van der Waals surface area contributed by atoms with Crippen LogP contribution in [0.2, 0.25) is 5.02 Å². The molecule has 0 aliphatic carbocycles. The molecule has 1 aromatic heterocycles. The van der Waals surface area contributed by atoms with E-state index in [1.165, 1.54) is 0 Å². The normalized spacial score (nSPS) is 12.4. The van der Waals surface area contributed by atoms with E-state index in [2.05, 4.69) is 31.9 Å². The van der Waals surface area contributed by atoms with Gasteiger partial charge in [-0.3, -0.25) is 4.68 Å². The van der Waals surface area contributed by atoms with Crippen LogP contribution in [0.3, 0.4) is 0 Å². The SMILES string of the molecule is Cc1cc2c(cc1Cl)c(C(C)(C)C)nn2C. The van der Waals surface area contributed by atoms with Gasteiger partial charge in [-0.1, -0.05) is 32.4 Å². The zero-order valence-corrected chi connectivity index (χ0v) is 11.2. The van der Waals surface area contributed by atoms with Gasteiger partial charge in [-0.2, -0.15) is 5.10 Å². The fourth-order valence-electron chi connectivity index (χ4n) is 1.94. The summed E-state index contributed by atoms with van der Waals surface area (Å²) in [4.78, 5) is 0. The van der Waals surface area contributed by atoms with E-state index in [9.17, 15) is 0 Å². The molecular weight excluding hydrogens is 220 g/mol. The number of rotatable bonds is 0. The molecule has 0 N–H and O–H groups in total. The van der Waals surface area contributed by atoms with Gasteiger partial charge >= 0.3 is 0 Å². The number of nitrogens with zero attached hydrogens (tertiary/aromatic N) is 2. The quantitative estimate of drug-likeness (QED) is 0.680. The van der Waals surface area contributed by atoms with Crippen LogP contribution in [0.5, 0.6) is 0 Å². The number of aryl methyl sites for hydroxylation is 2. The van der Waals surface area contributed by atoms with Gasteiger partial charge in [-0.15, -0.1) is 0 Å². The Bertz CT molecular complexity index is 547. The molecule has 0 unspecified atom stereocenters. The Hall–Kier alpha value is -1.02. The van der Waals surface area contributed by atoms with E-state index in [0.29, 0.717) is 0 Å². The molecule has 86 valence electrons. The number of halogens is 1. The summed E-state index contributed by atoms with van der Waals surface area (Å²) >= 11 is 6.18. The van der Waals surface area contributed by atoms with Crippen LogP contribution in [-0.4, -0.2) is 9.78 Å². The van der Waals surface area contributed by atoms with Crippen LogP contribution in [0, 0.1) is 6.92 Å². The summed E-state index contributed by atoms with van der Waals surface area (Å²) in [7, 11) is 1.98. The second-order valence-electron chi connectivity index (χ2n) is 5.34. The van der Waals surface area contributed by atoms with E-state index in [4.69, 9.17) is 11.6 Å². The fraction of sp³-hybridized carbons (Fsp3) is 0.462. The van der Waals surface area contributed by atoms with Crippen molar-refractivity contribution in [3.05, 3.63) is 28.4 Å². The van der Waals surface area contributed by atoms with E-state index in [1.807, 2.05) is 24.7 Å². The third-order valence-electron chi connectivity index (χ3n) is 2.84. The maximum absolute atomic E-state index is 6.18. The van der Waals surface area contributed by atoms with Gasteiger partial charge in [0.05, 0.1) is 11.2 Å². The van der Waals surface area contributed by atoms with Crippen LogP contribution < -0.4 is 0 Å². The second kappa shape index (κ2) is 3.49. The summed E-state index contributed by atoms with van der Waals surface area (Å²) in [5.74, 6) is 0. The summed E-state index contributed by atoms with van der Waals surface area (Å²) in [5, 5.41) is 6.57. The van der Waals surface area contributed by atoms with Crippen LogP contribution in [0.1, 0.15) is 32.0 Å². The molecule has 3 heteroatoms. The van der Waals surface area contributed by atoms with Crippen molar-refractivity contribution in [3.63, 3.8) is 0 Å². The molecular formula is C13H17ClN2. The van der Waals surface area contributed by atoms with Crippen LogP contribution >= 0.6 is 11.6 Å². The smallest absolute Gasteiger partial charge is 0.0757 e. The van der Waals surface area contributed by atoms with Crippen molar-refractivity contribution in [3.8, 4) is 0 Å². The van der Waals surface area contributed by atoms with Gasteiger partial charge in [0.15, 0.2) is 0 Å². The zero-order chi connectivity index (χ0) is 12.1. The minimum Gasteiger partial charge on any atom is -0.268 e. The second-order valence-corrected chi connectivity index (χ2v) is 5.75. The lowest BCUT2D eigenvalue weighted by Crippen LogP contribution is -2.12. The predicted octanol–water partition coefficient (Wildman–Crippen LogP) is 3.83. The van der Waals surface area contributed by atoms with E-state index < -0.39 is 0 Å². The van der Waals surface area contributed by atoms with Gasteiger partial charge in [-0.05, 0) is 24.6 Å². The molecule has 2 nitrogen and oxygen atoms in total. The molecule has 0 atom stereocenters. The highest BCUT2D eigenvalue weighted by molar-refractivity contribution is 6.32. The Morgan fingerprint density at radius 1 is 1.25 bits per heavy atom. The molecule has 0 amide bonds. The summed E-state index contributed by atoms with van der Waals surface area (Å²) in [6.45, 7) is 8.53. The first-order chi connectivity index (χ1) is 7.30. The summed E-state index contributed by atoms with van der Waals surface area (Å²) < 4.78 is 1.93. The van der Waals surface area contributed by atoms with Crippen molar-refractivity contribution in [2.75, 3.05) is 0 Å². The van der Waals surface area contributed by atoms with Crippen LogP contribution in [0.4, 0.5) is 0 Å². The highest BCUT2D eigenvalue weighted by Crippen LogP contribution is 2.32. The Morgan fingerprint density at radius 3 is 2.44 bits per heavy atom. The molecule has 0 radical (unpaired) electrons. The van der Waals surface area contributed by atoms with Crippen molar-refractivity contribution >= 4 is 22.5 Å². The van der Waals surface area contributed by atoms with Crippen molar-refractivity contribution < 1.29 is 0 Å². The van der Waals surface area contributed by atoms with Gasteiger partial charge in [-0.25, -0.2) is 0 Å². The Kier molecular flexibility index (Phi) is 2.50. The molecule has 0 bridgehead atoms. The zero-order valence-electron chi connectivity index (χ0n) is 10.4. The number of hydrogen-bond acceptors (Lipinski definition) is 1. The number of fused-ring (bicyclic) bond motifs is 1. The first-order valence-electron chi connectivity index (χ1n) is 5.44. The molecule has 1 aromatic carbocycles.